The minimum atomic E-state index is -0.553. The van der Waals surface area contributed by atoms with Gasteiger partial charge in [-0.1, -0.05) is 18.2 Å². The summed E-state index contributed by atoms with van der Waals surface area (Å²) in [5.41, 5.74) is 2.98. The predicted octanol–water partition coefficient (Wildman–Crippen LogP) is 2.42. The number of carbonyl (C=O) groups excluding carboxylic acids is 2. The molecule has 0 radical (unpaired) electrons. The zero-order valence-electron chi connectivity index (χ0n) is 16.9. The quantitative estimate of drug-likeness (QED) is 0.556. The van der Waals surface area contributed by atoms with Crippen LogP contribution in [-0.2, 0) is 9.53 Å². The summed E-state index contributed by atoms with van der Waals surface area (Å²) < 4.78 is 5.28. The fourth-order valence-corrected chi connectivity index (χ4v) is 3.34. The minimum absolute atomic E-state index is 0.124. The van der Waals surface area contributed by atoms with Crippen molar-refractivity contribution >= 4 is 28.9 Å². The lowest BCUT2D eigenvalue weighted by molar-refractivity contribution is -0.384. The van der Waals surface area contributed by atoms with Crippen LogP contribution in [0.4, 0.5) is 17.1 Å². The third kappa shape index (κ3) is 4.93. The molecule has 0 aromatic heterocycles. The first-order valence-electron chi connectivity index (χ1n) is 9.62. The van der Waals surface area contributed by atoms with Gasteiger partial charge in [0, 0.05) is 30.4 Å². The number of hydrogen-bond acceptors (Lipinski definition) is 6. The van der Waals surface area contributed by atoms with Crippen molar-refractivity contribution in [1.29, 1.82) is 0 Å². The molecule has 3 rings (SSSR count). The van der Waals surface area contributed by atoms with Crippen LogP contribution in [0.25, 0.3) is 0 Å². The van der Waals surface area contributed by atoms with Gasteiger partial charge >= 0.3 is 0 Å². The van der Waals surface area contributed by atoms with E-state index in [1.165, 1.54) is 12.1 Å². The highest BCUT2D eigenvalue weighted by molar-refractivity contribution is 6.00. The van der Waals surface area contributed by atoms with E-state index in [-0.39, 0.29) is 23.7 Å². The number of nitro benzene ring substituents is 1. The van der Waals surface area contributed by atoms with Crippen molar-refractivity contribution in [2.24, 2.45) is 0 Å². The molecule has 9 heteroatoms. The second-order valence-corrected chi connectivity index (χ2v) is 7.06. The summed E-state index contributed by atoms with van der Waals surface area (Å²) in [7, 11) is 0. The standard InChI is InChI=1S/C21H24N4O5/c1-14-4-3-5-15(2)20(14)23-19(26)13-22-21(27)16-6-7-17(18(12-16)25(28)29)24-8-10-30-11-9-24/h3-7,12H,8-11,13H2,1-2H3,(H,22,27)(H,23,26). The van der Waals surface area contributed by atoms with Gasteiger partial charge in [0.2, 0.25) is 5.91 Å². The lowest BCUT2D eigenvalue weighted by Gasteiger charge is -2.28. The van der Waals surface area contributed by atoms with E-state index in [4.69, 9.17) is 4.74 Å². The highest BCUT2D eigenvalue weighted by Crippen LogP contribution is 2.30. The minimum Gasteiger partial charge on any atom is -0.378 e. The molecule has 9 nitrogen and oxygen atoms in total. The summed E-state index contributed by atoms with van der Waals surface area (Å²) in [6.45, 7) is 5.61. The van der Waals surface area contributed by atoms with Crippen LogP contribution in [0.15, 0.2) is 36.4 Å². The first kappa shape index (κ1) is 21.3. The second-order valence-electron chi connectivity index (χ2n) is 7.06. The average molecular weight is 412 g/mol. The molecular weight excluding hydrogens is 388 g/mol. The van der Waals surface area contributed by atoms with Crippen LogP contribution in [0, 0.1) is 24.0 Å². The van der Waals surface area contributed by atoms with Gasteiger partial charge in [-0.2, -0.15) is 0 Å². The van der Waals surface area contributed by atoms with Crippen molar-refractivity contribution in [3.05, 3.63) is 63.2 Å². The molecule has 0 unspecified atom stereocenters. The van der Waals surface area contributed by atoms with Gasteiger partial charge in [-0.05, 0) is 37.1 Å². The zero-order chi connectivity index (χ0) is 21.7. The summed E-state index contributed by atoms with van der Waals surface area (Å²) in [4.78, 5) is 37.6. The summed E-state index contributed by atoms with van der Waals surface area (Å²) in [5.74, 6) is -0.927. The number of carbonyl (C=O) groups is 2. The molecule has 2 amide bonds. The normalized spacial score (nSPS) is 13.6. The van der Waals surface area contributed by atoms with Gasteiger partial charge in [0.1, 0.15) is 5.69 Å². The molecule has 1 fully saturated rings. The molecule has 0 spiro atoms. The van der Waals surface area contributed by atoms with E-state index in [1.54, 1.807) is 6.07 Å². The maximum Gasteiger partial charge on any atom is 0.293 e. The van der Waals surface area contributed by atoms with E-state index >= 15 is 0 Å². The maximum atomic E-state index is 12.5. The Morgan fingerprint density at radius 2 is 1.80 bits per heavy atom. The molecule has 1 aliphatic rings. The van der Waals surface area contributed by atoms with Gasteiger partial charge in [0.15, 0.2) is 0 Å². The van der Waals surface area contributed by atoms with E-state index in [0.29, 0.717) is 37.7 Å². The van der Waals surface area contributed by atoms with Crippen LogP contribution in [0.3, 0.4) is 0 Å². The molecule has 1 aliphatic heterocycles. The highest BCUT2D eigenvalue weighted by atomic mass is 16.6. The fraction of sp³-hybridized carbons (Fsp3) is 0.333. The number of ether oxygens (including phenoxy) is 1. The summed E-state index contributed by atoms with van der Waals surface area (Å²) in [6.07, 6.45) is 0. The van der Waals surface area contributed by atoms with Crippen LogP contribution in [-0.4, -0.2) is 49.6 Å². The average Bonchev–Trinajstić information content (AvgIpc) is 2.75. The number of para-hydroxylation sites is 1. The maximum absolute atomic E-state index is 12.5. The zero-order valence-corrected chi connectivity index (χ0v) is 16.9. The Morgan fingerprint density at radius 1 is 1.13 bits per heavy atom. The molecule has 1 heterocycles. The molecule has 1 saturated heterocycles. The molecular formula is C21H24N4O5. The molecule has 2 N–H and O–H groups in total. The molecule has 0 atom stereocenters. The fourth-order valence-electron chi connectivity index (χ4n) is 3.34. The Hall–Kier alpha value is -3.46. The van der Waals surface area contributed by atoms with Gasteiger partial charge in [0.25, 0.3) is 11.6 Å². The number of hydrogen-bond donors (Lipinski definition) is 2. The Kier molecular flexibility index (Phi) is 6.63. The molecule has 30 heavy (non-hydrogen) atoms. The number of morpholine rings is 1. The number of rotatable bonds is 6. The molecule has 2 aromatic rings. The predicted molar refractivity (Wildman–Crippen MR) is 113 cm³/mol. The Bertz CT molecular complexity index is 950. The first-order valence-corrected chi connectivity index (χ1v) is 9.62. The van der Waals surface area contributed by atoms with Crippen molar-refractivity contribution < 1.29 is 19.2 Å². The van der Waals surface area contributed by atoms with Crippen molar-refractivity contribution in [3.63, 3.8) is 0 Å². The third-order valence-corrected chi connectivity index (χ3v) is 4.94. The van der Waals surface area contributed by atoms with Crippen molar-refractivity contribution in [1.82, 2.24) is 5.32 Å². The molecule has 0 bridgehead atoms. The molecule has 158 valence electrons. The van der Waals surface area contributed by atoms with Crippen molar-refractivity contribution in [2.45, 2.75) is 13.8 Å². The van der Waals surface area contributed by atoms with Gasteiger partial charge in [-0.25, -0.2) is 0 Å². The van der Waals surface area contributed by atoms with Crippen LogP contribution in [0.1, 0.15) is 21.5 Å². The Labute approximate surface area is 174 Å². The van der Waals surface area contributed by atoms with Crippen LogP contribution >= 0.6 is 0 Å². The number of aryl methyl sites for hydroxylation is 2. The van der Waals surface area contributed by atoms with Gasteiger partial charge < -0.3 is 20.3 Å². The largest absolute Gasteiger partial charge is 0.378 e. The second kappa shape index (κ2) is 9.36. The van der Waals surface area contributed by atoms with Gasteiger partial charge in [0.05, 0.1) is 24.7 Å². The van der Waals surface area contributed by atoms with E-state index in [2.05, 4.69) is 10.6 Å². The van der Waals surface area contributed by atoms with Gasteiger partial charge in [-0.3, -0.25) is 19.7 Å². The van der Waals surface area contributed by atoms with Crippen molar-refractivity contribution in [3.8, 4) is 0 Å². The monoisotopic (exact) mass is 412 g/mol. The van der Waals surface area contributed by atoms with Gasteiger partial charge in [-0.15, -0.1) is 0 Å². The van der Waals surface area contributed by atoms with Crippen LogP contribution in [0.5, 0.6) is 0 Å². The Morgan fingerprint density at radius 3 is 2.43 bits per heavy atom. The van der Waals surface area contributed by atoms with E-state index in [9.17, 15) is 19.7 Å². The number of nitro groups is 1. The molecule has 0 aliphatic carbocycles. The van der Waals surface area contributed by atoms with Crippen LogP contribution in [0.2, 0.25) is 0 Å². The number of amides is 2. The molecule has 2 aromatic carbocycles. The summed E-state index contributed by atoms with van der Waals surface area (Å²) in [5, 5.41) is 16.8. The van der Waals surface area contributed by atoms with Crippen LogP contribution < -0.4 is 15.5 Å². The highest BCUT2D eigenvalue weighted by Gasteiger charge is 2.23. The molecule has 0 saturated carbocycles. The number of benzene rings is 2. The lowest BCUT2D eigenvalue weighted by atomic mass is 10.1. The Balaban J connectivity index is 1.67. The van der Waals surface area contributed by atoms with E-state index in [1.807, 2.05) is 36.9 Å². The number of anilines is 2. The smallest absolute Gasteiger partial charge is 0.293 e. The first-order chi connectivity index (χ1) is 14.4. The van der Waals surface area contributed by atoms with E-state index < -0.39 is 10.8 Å². The number of nitrogens with zero attached hydrogens (tertiary/aromatic N) is 2. The topological polar surface area (TPSA) is 114 Å². The lowest BCUT2D eigenvalue weighted by Crippen LogP contribution is -2.36. The summed E-state index contributed by atoms with van der Waals surface area (Å²) in [6, 6.07) is 10.00. The summed E-state index contributed by atoms with van der Waals surface area (Å²) >= 11 is 0. The van der Waals surface area contributed by atoms with E-state index in [0.717, 1.165) is 11.1 Å². The number of nitrogens with one attached hydrogen (secondary N) is 2. The SMILES string of the molecule is Cc1cccc(C)c1NC(=O)CNC(=O)c1ccc(N2CCOCC2)c([N+](=O)[O-])c1. The third-order valence-electron chi connectivity index (χ3n) is 4.94. The van der Waals surface area contributed by atoms with Crippen molar-refractivity contribution in [2.75, 3.05) is 43.1 Å².